The highest BCUT2D eigenvalue weighted by molar-refractivity contribution is 5.75. The smallest absolute Gasteiger partial charge is 0.310 e. The van der Waals surface area contributed by atoms with Gasteiger partial charge in [0.1, 0.15) is 0 Å². The minimum absolute atomic E-state index is 0.179. The molecule has 0 aromatic carbocycles. The molecule has 1 heterocycles. The molecule has 19 heavy (non-hydrogen) atoms. The molecule has 0 bridgehead atoms. The van der Waals surface area contributed by atoms with Crippen LogP contribution in [0.25, 0.3) is 0 Å². The number of rotatable bonds is 3. The van der Waals surface area contributed by atoms with Crippen molar-refractivity contribution < 1.29 is 14.6 Å². The molecule has 1 aliphatic heterocycles. The standard InChI is InChI=1S/C16H26O3/c1-10-5-3-4-6-12(10)9-16(15(17)18)8-7-13-14(19-13)11(16)2/h10-14H,3-9H2,1-2H3,(H,17,18). The van der Waals surface area contributed by atoms with Crippen LogP contribution in [0.4, 0.5) is 0 Å². The molecule has 3 heteroatoms. The molecule has 0 radical (unpaired) electrons. The lowest BCUT2D eigenvalue weighted by Gasteiger charge is -2.42. The summed E-state index contributed by atoms with van der Waals surface area (Å²) in [6.07, 6.45) is 8.32. The Morgan fingerprint density at radius 3 is 2.68 bits per heavy atom. The highest BCUT2D eigenvalue weighted by Crippen LogP contribution is 2.55. The second-order valence-electron chi connectivity index (χ2n) is 7.15. The van der Waals surface area contributed by atoms with Gasteiger partial charge >= 0.3 is 5.97 Å². The van der Waals surface area contributed by atoms with Crippen molar-refractivity contribution in [2.45, 2.75) is 71.0 Å². The van der Waals surface area contributed by atoms with Gasteiger partial charge in [-0.05, 0) is 31.1 Å². The maximum absolute atomic E-state index is 12.0. The van der Waals surface area contributed by atoms with Crippen LogP contribution < -0.4 is 0 Å². The molecule has 1 saturated heterocycles. The van der Waals surface area contributed by atoms with Crippen molar-refractivity contribution in [1.29, 1.82) is 0 Å². The maximum Gasteiger partial charge on any atom is 0.310 e. The summed E-state index contributed by atoms with van der Waals surface area (Å²) in [5, 5.41) is 9.86. The summed E-state index contributed by atoms with van der Waals surface area (Å²) in [6.45, 7) is 4.41. The summed E-state index contributed by atoms with van der Waals surface area (Å²) in [7, 11) is 0. The second-order valence-corrected chi connectivity index (χ2v) is 7.15. The summed E-state index contributed by atoms with van der Waals surface area (Å²) in [5.74, 6) is 0.891. The van der Waals surface area contributed by atoms with E-state index in [9.17, 15) is 9.90 Å². The minimum Gasteiger partial charge on any atom is -0.481 e. The van der Waals surface area contributed by atoms with Gasteiger partial charge in [-0.3, -0.25) is 4.79 Å². The molecule has 2 aliphatic carbocycles. The lowest BCUT2D eigenvalue weighted by molar-refractivity contribution is -0.156. The first kappa shape index (κ1) is 13.4. The van der Waals surface area contributed by atoms with Gasteiger partial charge in [-0.15, -0.1) is 0 Å². The number of aliphatic carboxylic acids is 1. The average Bonchev–Trinajstić information content (AvgIpc) is 3.15. The van der Waals surface area contributed by atoms with Crippen molar-refractivity contribution in [2.24, 2.45) is 23.2 Å². The van der Waals surface area contributed by atoms with Crippen LogP contribution in [0.3, 0.4) is 0 Å². The van der Waals surface area contributed by atoms with Crippen LogP contribution in [0.5, 0.6) is 0 Å². The van der Waals surface area contributed by atoms with E-state index in [4.69, 9.17) is 4.74 Å². The van der Waals surface area contributed by atoms with E-state index >= 15 is 0 Å². The van der Waals surface area contributed by atoms with E-state index in [0.29, 0.717) is 17.9 Å². The Morgan fingerprint density at radius 2 is 2.00 bits per heavy atom. The first-order valence-corrected chi connectivity index (χ1v) is 7.93. The zero-order valence-corrected chi connectivity index (χ0v) is 12.1. The van der Waals surface area contributed by atoms with Crippen LogP contribution >= 0.6 is 0 Å². The Labute approximate surface area is 115 Å². The quantitative estimate of drug-likeness (QED) is 0.796. The topological polar surface area (TPSA) is 49.8 Å². The molecule has 3 rings (SSSR count). The molecule has 0 amide bonds. The van der Waals surface area contributed by atoms with Crippen molar-refractivity contribution in [3.63, 3.8) is 0 Å². The van der Waals surface area contributed by atoms with E-state index in [1.165, 1.54) is 25.7 Å². The summed E-state index contributed by atoms with van der Waals surface area (Å²) < 4.78 is 5.65. The SMILES string of the molecule is CC1CCCCC1CC1(C(=O)O)CCC2OC2C1C. The van der Waals surface area contributed by atoms with Gasteiger partial charge in [0.2, 0.25) is 0 Å². The third-order valence-electron chi connectivity index (χ3n) is 6.20. The van der Waals surface area contributed by atoms with E-state index in [0.717, 1.165) is 19.3 Å². The normalized spacial score (nSPS) is 49.5. The Balaban J connectivity index is 1.78. The minimum atomic E-state index is -0.577. The molecular formula is C16H26O3. The summed E-state index contributed by atoms with van der Waals surface area (Å²) in [6, 6.07) is 0. The van der Waals surface area contributed by atoms with Gasteiger partial charge in [0.25, 0.3) is 0 Å². The van der Waals surface area contributed by atoms with Crippen molar-refractivity contribution in [1.82, 2.24) is 0 Å². The Bertz CT molecular complexity index is 367. The van der Waals surface area contributed by atoms with Crippen LogP contribution in [-0.4, -0.2) is 23.3 Å². The molecule has 0 aromatic heterocycles. The van der Waals surface area contributed by atoms with Crippen molar-refractivity contribution in [3.05, 3.63) is 0 Å². The average molecular weight is 266 g/mol. The van der Waals surface area contributed by atoms with Gasteiger partial charge in [0.05, 0.1) is 17.6 Å². The Morgan fingerprint density at radius 1 is 1.26 bits per heavy atom. The van der Waals surface area contributed by atoms with Gasteiger partial charge < -0.3 is 9.84 Å². The van der Waals surface area contributed by atoms with Crippen molar-refractivity contribution in [2.75, 3.05) is 0 Å². The first-order chi connectivity index (χ1) is 9.04. The van der Waals surface area contributed by atoms with Crippen LogP contribution in [0.2, 0.25) is 0 Å². The zero-order chi connectivity index (χ0) is 13.6. The number of hydrogen-bond acceptors (Lipinski definition) is 2. The molecule has 2 saturated carbocycles. The summed E-state index contributed by atoms with van der Waals surface area (Å²) >= 11 is 0. The van der Waals surface area contributed by atoms with Crippen LogP contribution in [0.1, 0.15) is 58.8 Å². The van der Waals surface area contributed by atoms with Crippen LogP contribution in [-0.2, 0) is 9.53 Å². The molecule has 0 spiro atoms. The van der Waals surface area contributed by atoms with Crippen LogP contribution in [0, 0.1) is 23.2 Å². The number of epoxide rings is 1. The lowest BCUT2D eigenvalue weighted by Crippen LogP contribution is -2.45. The largest absolute Gasteiger partial charge is 0.481 e. The molecular weight excluding hydrogens is 240 g/mol. The maximum atomic E-state index is 12.0. The van der Waals surface area contributed by atoms with E-state index < -0.39 is 11.4 Å². The molecule has 6 unspecified atom stereocenters. The van der Waals surface area contributed by atoms with E-state index in [1.54, 1.807) is 0 Å². The summed E-state index contributed by atoms with van der Waals surface area (Å²) in [4.78, 5) is 12.0. The monoisotopic (exact) mass is 266 g/mol. The number of carbonyl (C=O) groups is 1. The molecule has 3 aliphatic rings. The number of ether oxygens (including phenoxy) is 1. The van der Waals surface area contributed by atoms with Gasteiger partial charge in [-0.25, -0.2) is 0 Å². The Hall–Kier alpha value is -0.570. The molecule has 0 aromatic rings. The number of fused-ring (bicyclic) bond motifs is 1. The number of hydrogen-bond donors (Lipinski definition) is 1. The first-order valence-electron chi connectivity index (χ1n) is 7.93. The van der Waals surface area contributed by atoms with Gasteiger partial charge in [0.15, 0.2) is 0 Å². The number of carboxylic acids is 1. The third-order valence-corrected chi connectivity index (χ3v) is 6.20. The van der Waals surface area contributed by atoms with Crippen molar-refractivity contribution in [3.8, 4) is 0 Å². The highest BCUT2D eigenvalue weighted by atomic mass is 16.6. The predicted octanol–water partition coefficient (Wildman–Crippen LogP) is 3.47. The van der Waals surface area contributed by atoms with Gasteiger partial charge in [-0.2, -0.15) is 0 Å². The van der Waals surface area contributed by atoms with Gasteiger partial charge in [0, 0.05) is 5.92 Å². The van der Waals surface area contributed by atoms with Crippen molar-refractivity contribution >= 4 is 5.97 Å². The fourth-order valence-electron chi connectivity index (χ4n) is 4.61. The molecule has 3 fully saturated rings. The fourth-order valence-corrected chi connectivity index (χ4v) is 4.61. The Kier molecular flexibility index (Phi) is 3.36. The molecule has 6 atom stereocenters. The third kappa shape index (κ3) is 2.20. The lowest BCUT2D eigenvalue weighted by atomic mass is 9.60. The molecule has 108 valence electrons. The highest BCUT2D eigenvalue weighted by Gasteiger charge is 2.59. The summed E-state index contributed by atoms with van der Waals surface area (Å²) in [5.41, 5.74) is -0.520. The van der Waals surface area contributed by atoms with E-state index in [-0.39, 0.29) is 12.0 Å². The predicted molar refractivity (Wildman–Crippen MR) is 72.9 cm³/mol. The van der Waals surface area contributed by atoms with E-state index in [1.807, 2.05) is 0 Å². The molecule has 1 N–H and O–H groups in total. The molecule has 3 nitrogen and oxygen atoms in total. The van der Waals surface area contributed by atoms with Crippen LogP contribution in [0.15, 0.2) is 0 Å². The van der Waals surface area contributed by atoms with E-state index in [2.05, 4.69) is 13.8 Å². The number of carboxylic acid groups (broad SMARTS) is 1. The zero-order valence-electron chi connectivity index (χ0n) is 12.1. The van der Waals surface area contributed by atoms with Gasteiger partial charge in [-0.1, -0.05) is 39.5 Å². The fraction of sp³-hybridized carbons (Fsp3) is 0.938. The second kappa shape index (κ2) is 4.76.